The van der Waals surface area contributed by atoms with E-state index in [1.807, 2.05) is 0 Å². The summed E-state index contributed by atoms with van der Waals surface area (Å²) in [6.45, 7) is 13.4. The summed E-state index contributed by atoms with van der Waals surface area (Å²) < 4.78 is 0. The minimum atomic E-state index is -0.158. The molecule has 2 bridgehead atoms. The van der Waals surface area contributed by atoms with Crippen LogP contribution in [0.5, 0.6) is 0 Å². The smallest absolute Gasteiger partial charge is 0.165 e. The zero-order valence-electron chi connectivity index (χ0n) is 14.8. The van der Waals surface area contributed by atoms with Crippen molar-refractivity contribution >= 4 is 11.9 Å². The van der Waals surface area contributed by atoms with Crippen LogP contribution in [0.25, 0.3) is 6.08 Å². The number of benzene rings is 1. The zero-order chi connectivity index (χ0) is 16.3. The van der Waals surface area contributed by atoms with Crippen molar-refractivity contribution in [1.29, 1.82) is 0 Å². The molecule has 0 spiro atoms. The molecule has 2 atom stereocenters. The number of carbonyl (C=O) groups is 1. The van der Waals surface area contributed by atoms with E-state index in [1.54, 1.807) is 0 Å². The lowest BCUT2D eigenvalue weighted by Crippen LogP contribution is -2.32. The van der Waals surface area contributed by atoms with E-state index in [-0.39, 0.29) is 16.2 Å². The van der Waals surface area contributed by atoms with E-state index in [1.165, 1.54) is 5.56 Å². The number of fused-ring (bicyclic) bond motifs is 2. The van der Waals surface area contributed by atoms with Gasteiger partial charge in [0.1, 0.15) is 0 Å². The van der Waals surface area contributed by atoms with E-state index >= 15 is 0 Å². The molecular weight excluding hydrogens is 268 g/mol. The van der Waals surface area contributed by atoms with Gasteiger partial charge >= 0.3 is 0 Å². The molecule has 1 heteroatoms. The lowest BCUT2D eigenvalue weighted by molar-refractivity contribution is -0.125. The van der Waals surface area contributed by atoms with Gasteiger partial charge in [-0.25, -0.2) is 0 Å². The first kappa shape index (κ1) is 15.5. The van der Waals surface area contributed by atoms with Crippen molar-refractivity contribution in [2.45, 2.75) is 59.8 Å². The maximum Gasteiger partial charge on any atom is 0.165 e. The van der Waals surface area contributed by atoms with E-state index in [2.05, 4.69) is 71.9 Å². The highest BCUT2D eigenvalue weighted by Gasteiger charge is 2.63. The van der Waals surface area contributed by atoms with Crippen molar-refractivity contribution in [3.8, 4) is 0 Å². The summed E-state index contributed by atoms with van der Waals surface area (Å²) >= 11 is 0. The largest absolute Gasteiger partial charge is 0.294 e. The Labute approximate surface area is 134 Å². The van der Waals surface area contributed by atoms with Gasteiger partial charge in [-0.3, -0.25) is 4.79 Å². The number of hydrogen-bond acceptors (Lipinski definition) is 1. The van der Waals surface area contributed by atoms with Crippen LogP contribution in [0.3, 0.4) is 0 Å². The Balaban J connectivity index is 1.96. The molecule has 0 saturated heterocycles. The summed E-state index contributed by atoms with van der Waals surface area (Å²) in [5.41, 5.74) is 3.66. The fourth-order valence-corrected chi connectivity index (χ4v) is 4.35. The molecule has 0 radical (unpaired) electrons. The van der Waals surface area contributed by atoms with Crippen LogP contribution in [0.4, 0.5) is 0 Å². The molecule has 0 amide bonds. The normalized spacial score (nSPS) is 32.0. The lowest BCUT2D eigenvalue weighted by Gasteiger charge is -2.31. The second-order valence-corrected chi connectivity index (χ2v) is 8.95. The second-order valence-electron chi connectivity index (χ2n) is 8.95. The Bertz CT molecular complexity index is 639. The van der Waals surface area contributed by atoms with E-state index in [9.17, 15) is 4.79 Å². The van der Waals surface area contributed by atoms with E-state index in [4.69, 9.17) is 0 Å². The standard InChI is InChI=1S/C21H28O/c1-19(2,3)15-9-7-14(8-10-15)13-16-17-11-12-21(6,18(16)22)20(17,4)5/h7-10,13,17H,11-12H2,1-6H3. The highest BCUT2D eigenvalue weighted by atomic mass is 16.1. The first-order valence-electron chi connectivity index (χ1n) is 8.44. The van der Waals surface area contributed by atoms with E-state index < -0.39 is 0 Å². The number of rotatable bonds is 1. The molecule has 0 aliphatic heterocycles. The predicted molar refractivity (Wildman–Crippen MR) is 92.7 cm³/mol. The molecule has 1 nitrogen and oxygen atoms in total. The van der Waals surface area contributed by atoms with Gasteiger partial charge < -0.3 is 0 Å². The molecule has 22 heavy (non-hydrogen) atoms. The summed E-state index contributed by atoms with van der Waals surface area (Å²) in [6, 6.07) is 8.69. The summed E-state index contributed by atoms with van der Waals surface area (Å²) in [5.74, 6) is 0.806. The third-order valence-corrected chi connectivity index (χ3v) is 6.46. The molecule has 1 aromatic carbocycles. The molecule has 118 valence electrons. The lowest BCUT2D eigenvalue weighted by atomic mass is 9.70. The SMILES string of the molecule is CC(C)(C)c1ccc(C=C2C(=O)C3(C)CCC2C3(C)C)cc1. The van der Waals surface area contributed by atoms with Crippen molar-refractivity contribution in [2.24, 2.45) is 16.7 Å². The number of Topliss-reactive ketones (excluding diaryl/α,β-unsaturated/α-hetero) is 1. The summed E-state index contributed by atoms with van der Waals surface area (Å²) in [7, 11) is 0. The van der Waals surface area contributed by atoms with Crippen molar-refractivity contribution < 1.29 is 4.79 Å². The van der Waals surface area contributed by atoms with E-state index in [0.29, 0.717) is 11.7 Å². The molecule has 3 rings (SSSR count). The van der Waals surface area contributed by atoms with Gasteiger partial charge in [-0.2, -0.15) is 0 Å². The average molecular weight is 296 g/mol. The molecule has 0 N–H and O–H groups in total. The van der Waals surface area contributed by atoms with Crippen LogP contribution in [-0.2, 0) is 10.2 Å². The first-order valence-corrected chi connectivity index (χ1v) is 8.44. The third-order valence-electron chi connectivity index (χ3n) is 6.46. The molecule has 2 aliphatic carbocycles. The van der Waals surface area contributed by atoms with Crippen LogP contribution in [-0.4, -0.2) is 5.78 Å². The van der Waals surface area contributed by atoms with Gasteiger partial charge in [0.05, 0.1) is 0 Å². The highest BCUT2D eigenvalue weighted by molar-refractivity contribution is 6.07. The zero-order valence-corrected chi connectivity index (χ0v) is 14.8. The van der Waals surface area contributed by atoms with E-state index in [0.717, 1.165) is 24.0 Å². The van der Waals surface area contributed by atoms with Gasteiger partial charge in [0, 0.05) is 5.41 Å². The topological polar surface area (TPSA) is 17.1 Å². The van der Waals surface area contributed by atoms with Crippen LogP contribution in [0.2, 0.25) is 0 Å². The van der Waals surface area contributed by atoms with Gasteiger partial charge in [-0.15, -0.1) is 0 Å². The fourth-order valence-electron chi connectivity index (χ4n) is 4.35. The Kier molecular flexibility index (Phi) is 3.22. The maximum atomic E-state index is 12.9. The van der Waals surface area contributed by atoms with Gasteiger partial charge in [0.15, 0.2) is 5.78 Å². The molecule has 2 unspecified atom stereocenters. The quantitative estimate of drug-likeness (QED) is 0.635. The molecule has 2 aliphatic rings. The monoisotopic (exact) mass is 296 g/mol. The Morgan fingerprint density at radius 3 is 2.14 bits per heavy atom. The van der Waals surface area contributed by atoms with Crippen LogP contribution in [0.15, 0.2) is 29.8 Å². The number of ketones is 1. The molecule has 2 fully saturated rings. The fraction of sp³-hybridized carbons (Fsp3) is 0.571. The van der Waals surface area contributed by atoms with Crippen molar-refractivity contribution in [1.82, 2.24) is 0 Å². The summed E-state index contributed by atoms with van der Waals surface area (Å²) in [5, 5.41) is 0. The summed E-state index contributed by atoms with van der Waals surface area (Å²) in [4.78, 5) is 12.9. The molecule has 2 saturated carbocycles. The molecule has 0 heterocycles. The first-order chi connectivity index (χ1) is 10.1. The minimum absolute atomic E-state index is 0.0985. The predicted octanol–water partition coefficient (Wildman–Crippen LogP) is 5.39. The van der Waals surface area contributed by atoms with Crippen LogP contribution < -0.4 is 0 Å². The molecular formula is C21H28O. The Morgan fingerprint density at radius 2 is 1.68 bits per heavy atom. The Morgan fingerprint density at radius 1 is 1.09 bits per heavy atom. The number of hydrogen-bond donors (Lipinski definition) is 0. The highest BCUT2D eigenvalue weighted by Crippen LogP contribution is 2.65. The number of allylic oxidation sites excluding steroid dienone is 1. The minimum Gasteiger partial charge on any atom is -0.294 e. The van der Waals surface area contributed by atoms with Gasteiger partial charge in [-0.1, -0.05) is 65.8 Å². The van der Waals surface area contributed by atoms with Crippen LogP contribution in [0, 0.1) is 16.7 Å². The third kappa shape index (κ3) is 2.01. The molecule has 0 aromatic heterocycles. The van der Waals surface area contributed by atoms with Crippen molar-refractivity contribution in [3.05, 3.63) is 41.0 Å². The Hall–Kier alpha value is -1.37. The number of carbonyl (C=O) groups excluding carboxylic acids is 1. The van der Waals surface area contributed by atoms with Crippen LogP contribution >= 0.6 is 0 Å². The van der Waals surface area contributed by atoms with Crippen LogP contribution in [0.1, 0.15) is 65.5 Å². The van der Waals surface area contributed by atoms with Gasteiger partial charge in [-0.05, 0) is 52.4 Å². The van der Waals surface area contributed by atoms with Crippen molar-refractivity contribution in [3.63, 3.8) is 0 Å². The average Bonchev–Trinajstić information content (AvgIpc) is 2.73. The van der Waals surface area contributed by atoms with Gasteiger partial charge in [0.25, 0.3) is 0 Å². The summed E-state index contributed by atoms with van der Waals surface area (Å²) in [6.07, 6.45) is 4.34. The van der Waals surface area contributed by atoms with Crippen molar-refractivity contribution in [2.75, 3.05) is 0 Å². The maximum absolute atomic E-state index is 12.9. The second kappa shape index (κ2) is 4.57. The molecule has 1 aromatic rings. The van der Waals surface area contributed by atoms with Gasteiger partial charge in [0.2, 0.25) is 0 Å².